The van der Waals surface area contributed by atoms with Crippen LogP contribution in [0.3, 0.4) is 0 Å². The highest BCUT2D eigenvalue weighted by molar-refractivity contribution is 9.13. The molecule has 0 bridgehead atoms. The van der Waals surface area contributed by atoms with Gasteiger partial charge in [-0.05, 0) is 37.9 Å². The van der Waals surface area contributed by atoms with E-state index < -0.39 is 11.6 Å². The van der Waals surface area contributed by atoms with Crippen LogP contribution in [0.4, 0.5) is 8.78 Å². The zero-order chi connectivity index (χ0) is 8.59. The molecule has 0 amide bonds. The van der Waals surface area contributed by atoms with Gasteiger partial charge in [0.2, 0.25) is 0 Å². The van der Waals surface area contributed by atoms with Crippen LogP contribution in [0.25, 0.3) is 0 Å². The van der Waals surface area contributed by atoms with Crippen molar-refractivity contribution >= 4 is 43.5 Å². The summed E-state index contributed by atoms with van der Waals surface area (Å²) >= 11 is 11.4. The largest absolute Gasteiger partial charge is 0.204 e. The van der Waals surface area contributed by atoms with Crippen LogP contribution in [-0.2, 0) is 0 Å². The molecule has 1 aromatic carbocycles. The predicted molar refractivity (Wildman–Crippen MR) is 46.8 cm³/mol. The van der Waals surface area contributed by atoms with Gasteiger partial charge in [-0.2, -0.15) is 0 Å². The number of hydrogen-bond acceptors (Lipinski definition) is 0. The Labute approximate surface area is 83.8 Å². The van der Waals surface area contributed by atoms with Crippen molar-refractivity contribution in [2.24, 2.45) is 0 Å². The summed E-state index contributed by atoms with van der Waals surface area (Å²) in [5, 5.41) is -0.253. The van der Waals surface area contributed by atoms with Gasteiger partial charge in [0.05, 0.1) is 9.50 Å². The van der Waals surface area contributed by atoms with Gasteiger partial charge in [-0.3, -0.25) is 0 Å². The van der Waals surface area contributed by atoms with Gasteiger partial charge in [0.15, 0.2) is 11.6 Å². The normalized spacial score (nSPS) is 10.3. The molecule has 0 saturated heterocycles. The number of benzene rings is 1. The Kier molecular flexibility index (Phi) is 2.89. The van der Waals surface area contributed by atoms with E-state index in [-0.39, 0.29) is 5.02 Å². The molecule has 0 aliphatic heterocycles. The SMILES string of the molecule is Fc1cc(Br)c(Br)c(Cl)c1F. The first-order valence-electron chi connectivity index (χ1n) is 2.52. The Hall–Kier alpha value is 0.330. The smallest absolute Gasteiger partial charge is 0.178 e. The summed E-state index contributed by atoms with van der Waals surface area (Å²) in [5.74, 6) is -2.01. The topological polar surface area (TPSA) is 0 Å². The fourth-order valence-corrected chi connectivity index (χ4v) is 1.54. The molecular formula is C6HBr2ClF2. The highest BCUT2D eigenvalue weighted by atomic mass is 79.9. The van der Waals surface area contributed by atoms with Gasteiger partial charge in [-0.1, -0.05) is 11.6 Å². The van der Waals surface area contributed by atoms with Crippen LogP contribution in [0.5, 0.6) is 0 Å². The molecular weight excluding hydrogens is 305 g/mol. The highest BCUT2D eigenvalue weighted by Crippen LogP contribution is 2.33. The molecule has 0 unspecified atom stereocenters. The molecule has 0 fully saturated rings. The minimum absolute atomic E-state index is 0.253. The third kappa shape index (κ3) is 1.73. The van der Waals surface area contributed by atoms with E-state index in [0.717, 1.165) is 6.07 Å². The van der Waals surface area contributed by atoms with E-state index in [1.54, 1.807) is 0 Å². The van der Waals surface area contributed by atoms with Crippen molar-refractivity contribution in [3.05, 3.63) is 31.7 Å². The van der Waals surface area contributed by atoms with Crippen molar-refractivity contribution in [3.63, 3.8) is 0 Å². The Morgan fingerprint density at radius 1 is 1.27 bits per heavy atom. The predicted octanol–water partition coefficient (Wildman–Crippen LogP) is 4.14. The Balaban J connectivity index is 3.46. The van der Waals surface area contributed by atoms with E-state index in [1.165, 1.54) is 0 Å². The Bertz CT molecular complexity index is 275. The summed E-state index contributed by atoms with van der Waals surface area (Å²) in [5.41, 5.74) is 0. The van der Waals surface area contributed by atoms with Crippen molar-refractivity contribution in [3.8, 4) is 0 Å². The number of halogens is 5. The number of hydrogen-bond donors (Lipinski definition) is 0. The standard InChI is InChI=1S/C6HBr2ClF2/c7-2-1-3(10)6(11)5(9)4(2)8/h1H. The van der Waals surface area contributed by atoms with E-state index in [0.29, 0.717) is 8.95 Å². The Morgan fingerprint density at radius 3 is 2.36 bits per heavy atom. The monoisotopic (exact) mass is 304 g/mol. The van der Waals surface area contributed by atoms with Crippen molar-refractivity contribution in [1.29, 1.82) is 0 Å². The first kappa shape index (κ1) is 9.42. The lowest BCUT2D eigenvalue weighted by Gasteiger charge is -2.00. The van der Waals surface area contributed by atoms with Crippen LogP contribution in [0.2, 0.25) is 5.02 Å². The molecule has 0 saturated carbocycles. The molecule has 0 aliphatic carbocycles. The summed E-state index contributed by atoms with van der Waals surface area (Å²) in [4.78, 5) is 0. The summed E-state index contributed by atoms with van der Waals surface area (Å²) in [7, 11) is 0. The molecule has 0 aromatic heterocycles. The van der Waals surface area contributed by atoms with Crippen LogP contribution < -0.4 is 0 Å². The molecule has 0 aliphatic rings. The fraction of sp³-hybridized carbons (Fsp3) is 0. The van der Waals surface area contributed by atoms with Crippen LogP contribution in [0, 0.1) is 11.6 Å². The zero-order valence-corrected chi connectivity index (χ0v) is 8.90. The molecule has 0 spiro atoms. The third-order valence-corrected chi connectivity index (χ3v) is 3.62. The molecule has 0 nitrogen and oxygen atoms in total. The molecule has 5 heteroatoms. The molecule has 0 radical (unpaired) electrons. The fourth-order valence-electron chi connectivity index (χ4n) is 0.544. The second kappa shape index (κ2) is 3.37. The van der Waals surface area contributed by atoms with Gasteiger partial charge < -0.3 is 0 Å². The van der Waals surface area contributed by atoms with E-state index in [1.807, 2.05) is 0 Å². The average molecular weight is 306 g/mol. The van der Waals surface area contributed by atoms with Crippen LogP contribution >= 0.6 is 43.5 Å². The maximum atomic E-state index is 12.6. The van der Waals surface area contributed by atoms with Gasteiger partial charge in [-0.25, -0.2) is 8.78 Å². The minimum atomic E-state index is -1.04. The maximum absolute atomic E-state index is 12.6. The molecule has 11 heavy (non-hydrogen) atoms. The van der Waals surface area contributed by atoms with Gasteiger partial charge in [0, 0.05) is 4.47 Å². The molecule has 0 heterocycles. The lowest BCUT2D eigenvalue weighted by Crippen LogP contribution is -1.86. The summed E-state index contributed by atoms with van der Waals surface area (Å²) in [6.45, 7) is 0. The van der Waals surface area contributed by atoms with Gasteiger partial charge >= 0.3 is 0 Å². The van der Waals surface area contributed by atoms with E-state index >= 15 is 0 Å². The van der Waals surface area contributed by atoms with Gasteiger partial charge in [0.1, 0.15) is 0 Å². The van der Waals surface area contributed by atoms with Crippen molar-refractivity contribution in [2.45, 2.75) is 0 Å². The van der Waals surface area contributed by atoms with Crippen LogP contribution in [0.1, 0.15) is 0 Å². The molecule has 60 valence electrons. The maximum Gasteiger partial charge on any atom is 0.178 e. The summed E-state index contributed by atoms with van der Waals surface area (Å²) < 4.78 is 25.8. The zero-order valence-electron chi connectivity index (χ0n) is 4.97. The van der Waals surface area contributed by atoms with E-state index in [9.17, 15) is 8.78 Å². The van der Waals surface area contributed by atoms with Crippen LogP contribution in [0.15, 0.2) is 15.0 Å². The van der Waals surface area contributed by atoms with Gasteiger partial charge in [0.25, 0.3) is 0 Å². The molecule has 0 atom stereocenters. The first-order valence-corrected chi connectivity index (χ1v) is 4.49. The highest BCUT2D eigenvalue weighted by Gasteiger charge is 2.13. The van der Waals surface area contributed by atoms with Crippen LogP contribution in [-0.4, -0.2) is 0 Å². The molecule has 1 rings (SSSR count). The number of rotatable bonds is 0. The second-order valence-electron chi connectivity index (χ2n) is 1.78. The second-order valence-corrected chi connectivity index (χ2v) is 3.81. The molecule has 1 aromatic rings. The van der Waals surface area contributed by atoms with Gasteiger partial charge in [-0.15, -0.1) is 0 Å². The average Bonchev–Trinajstić information content (AvgIpc) is 1.97. The quantitative estimate of drug-likeness (QED) is 0.499. The van der Waals surface area contributed by atoms with Crippen molar-refractivity contribution in [1.82, 2.24) is 0 Å². The summed E-state index contributed by atoms with van der Waals surface area (Å²) in [6.07, 6.45) is 0. The molecule has 0 N–H and O–H groups in total. The van der Waals surface area contributed by atoms with E-state index in [4.69, 9.17) is 11.6 Å². The summed E-state index contributed by atoms with van der Waals surface area (Å²) in [6, 6.07) is 1.01. The van der Waals surface area contributed by atoms with E-state index in [2.05, 4.69) is 31.9 Å². The first-order chi connectivity index (χ1) is 5.04. The van der Waals surface area contributed by atoms with Crippen molar-refractivity contribution < 1.29 is 8.78 Å². The lowest BCUT2D eigenvalue weighted by atomic mass is 10.3. The van der Waals surface area contributed by atoms with Crippen molar-refractivity contribution in [2.75, 3.05) is 0 Å². The lowest BCUT2D eigenvalue weighted by molar-refractivity contribution is 0.507. The Morgan fingerprint density at radius 2 is 1.82 bits per heavy atom. The minimum Gasteiger partial charge on any atom is -0.204 e. The third-order valence-electron chi connectivity index (χ3n) is 1.06.